The topological polar surface area (TPSA) is 60.9 Å². The van der Waals surface area contributed by atoms with Crippen LogP contribution in [0.1, 0.15) is 18.6 Å². The van der Waals surface area contributed by atoms with Crippen molar-refractivity contribution < 1.29 is 4.52 Å². The maximum Gasteiger partial charge on any atom is 0.226 e. The molecular weight excluding hydrogens is 194 g/mol. The van der Waals surface area contributed by atoms with E-state index in [1.54, 1.807) is 12.4 Å². The number of pyridine rings is 1. The highest BCUT2D eigenvalue weighted by Crippen LogP contribution is 1.99. The van der Waals surface area contributed by atoms with Crippen LogP contribution in [0, 0.1) is 0 Å². The minimum atomic E-state index is -0.00592. The van der Waals surface area contributed by atoms with Gasteiger partial charge in [0.25, 0.3) is 0 Å². The second-order valence-corrected chi connectivity index (χ2v) is 3.16. The summed E-state index contributed by atoms with van der Waals surface area (Å²) >= 11 is 0. The van der Waals surface area contributed by atoms with Gasteiger partial charge in [-0.05, 0) is 0 Å². The fraction of sp³-hybridized carbons (Fsp3) is 0.300. The van der Waals surface area contributed by atoms with Gasteiger partial charge in [0.1, 0.15) is 0 Å². The summed E-state index contributed by atoms with van der Waals surface area (Å²) < 4.78 is 6.80. The number of hydrogen-bond acceptors (Lipinski definition) is 4. The molecule has 15 heavy (non-hydrogen) atoms. The number of hydrogen-bond donors (Lipinski definition) is 0. The highest BCUT2D eigenvalue weighted by molar-refractivity contribution is 4.96. The lowest BCUT2D eigenvalue weighted by molar-refractivity contribution is 0.375. The van der Waals surface area contributed by atoms with Crippen molar-refractivity contribution in [2.24, 2.45) is 0 Å². The predicted molar refractivity (Wildman–Crippen MR) is 53.5 cm³/mol. The van der Waals surface area contributed by atoms with Crippen LogP contribution in [0.5, 0.6) is 0 Å². The molecule has 0 aliphatic heterocycles. The molecule has 5 nitrogen and oxygen atoms in total. The Bertz CT molecular complexity index is 481. The van der Waals surface area contributed by atoms with Crippen LogP contribution in [0.2, 0.25) is 0 Å². The van der Waals surface area contributed by atoms with Gasteiger partial charge in [-0.15, -0.1) is 0 Å². The van der Waals surface area contributed by atoms with Gasteiger partial charge in [-0.2, -0.15) is 4.98 Å². The molecule has 0 amide bonds. The molecule has 0 aliphatic rings. The molecule has 0 spiro atoms. The van der Waals surface area contributed by atoms with E-state index in [0.29, 0.717) is 18.3 Å². The monoisotopic (exact) mass is 205 g/mol. The third kappa shape index (κ3) is 2.31. The van der Waals surface area contributed by atoms with Gasteiger partial charge in [-0.25, -0.2) is 0 Å². The molecule has 2 aromatic rings. The Morgan fingerprint density at radius 3 is 2.73 bits per heavy atom. The zero-order chi connectivity index (χ0) is 10.7. The quantitative estimate of drug-likeness (QED) is 0.745. The first-order valence-corrected chi connectivity index (χ1v) is 4.75. The van der Waals surface area contributed by atoms with E-state index in [1.165, 1.54) is 12.1 Å². The highest BCUT2D eigenvalue weighted by atomic mass is 16.5. The Kier molecular flexibility index (Phi) is 2.62. The van der Waals surface area contributed by atoms with Gasteiger partial charge in [0.2, 0.25) is 5.89 Å². The molecule has 0 radical (unpaired) electrons. The summed E-state index contributed by atoms with van der Waals surface area (Å²) in [5, 5.41) is 3.82. The van der Waals surface area contributed by atoms with Gasteiger partial charge in [0, 0.05) is 30.9 Å². The average Bonchev–Trinajstić information content (AvgIpc) is 2.69. The van der Waals surface area contributed by atoms with Crippen molar-refractivity contribution >= 4 is 0 Å². The van der Waals surface area contributed by atoms with Gasteiger partial charge >= 0.3 is 0 Å². The number of aryl methyl sites for hydroxylation is 1. The number of nitrogens with zero attached hydrogens (tertiary/aromatic N) is 3. The smallest absolute Gasteiger partial charge is 0.226 e. The van der Waals surface area contributed by atoms with Crippen LogP contribution in [0.15, 0.2) is 33.8 Å². The normalized spacial score (nSPS) is 10.5. The lowest BCUT2D eigenvalue weighted by Crippen LogP contribution is -2.05. The van der Waals surface area contributed by atoms with Crippen LogP contribution in [-0.4, -0.2) is 14.7 Å². The van der Waals surface area contributed by atoms with Crippen LogP contribution in [0.25, 0.3) is 0 Å². The van der Waals surface area contributed by atoms with E-state index in [1.807, 2.05) is 11.5 Å². The van der Waals surface area contributed by atoms with Crippen LogP contribution < -0.4 is 5.43 Å². The van der Waals surface area contributed by atoms with Crippen molar-refractivity contribution in [3.63, 3.8) is 0 Å². The van der Waals surface area contributed by atoms with Crippen molar-refractivity contribution in [3.8, 4) is 0 Å². The summed E-state index contributed by atoms with van der Waals surface area (Å²) in [6.07, 6.45) is 4.13. The average molecular weight is 205 g/mol. The Labute approximate surface area is 86.4 Å². The highest BCUT2D eigenvalue weighted by Gasteiger charge is 2.03. The fourth-order valence-corrected chi connectivity index (χ4v) is 1.21. The minimum absolute atomic E-state index is 0.00592. The molecule has 2 aromatic heterocycles. The molecular formula is C10H11N3O2. The molecule has 78 valence electrons. The van der Waals surface area contributed by atoms with E-state index < -0.39 is 0 Å². The molecule has 0 N–H and O–H groups in total. The van der Waals surface area contributed by atoms with Gasteiger partial charge < -0.3 is 9.09 Å². The Hall–Kier alpha value is -1.91. The Morgan fingerprint density at radius 1 is 1.40 bits per heavy atom. The van der Waals surface area contributed by atoms with E-state index in [0.717, 1.165) is 6.42 Å². The van der Waals surface area contributed by atoms with Gasteiger partial charge in [0.15, 0.2) is 11.3 Å². The number of aromatic nitrogens is 3. The summed E-state index contributed by atoms with van der Waals surface area (Å²) in [6.45, 7) is 2.47. The lowest BCUT2D eigenvalue weighted by Gasteiger charge is -1.99. The van der Waals surface area contributed by atoms with E-state index >= 15 is 0 Å². The third-order valence-corrected chi connectivity index (χ3v) is 2.00. The van der Waals surface area contributed by atoms with Gasteiger partial charge in [0.05, 0.1) is 6.54 Å². The lowest BCUT2D eigenvalue weighted by atomic mass is 10.4. The summed E-state index contributed by atoms with van der Waals surface area (Å²) in [6, 6.07) is 3.00. The van der Waals surface area contributed by atoms with Crippen molar-refractivity contribution in [3.05, 3.63) is 46.5 Å². The molecule has 0 saturated carbocycles. The standard InChI is InChI=1S/C10H11N3O2/c1-2-10-11-9(12-15-10)7-13-5-3-8(14)4-6-13/h3-6H,2,7H2,1H3. The van der Waals surface area contributed by atoms with Crippen molar-refractivity contribution in [2.45, 2.75) is 19.9 Å². The number of rotatable bonds is 3. The molecule has 0 saturated heterocycles. The van der Waals surface area contributed by atoms with Crippen LogP contribution in [-0.2, 0) is 13.0 Å². The zero-order valence-electron chi connectivity index (χ0n) is 8.38. The van der Waals surface area contributed by atoms with E-state index in [-0.39, 0.29) is 5.43 Å². The van der Waals surface area contributed by atoms with Crippen molar-refractivity contribution in [1.82, 2.24) is 14.7 Å². The van der Waals surface area contributed by atoms with Crippen molar-refractivity contribution in [2.75, 3.05) is 0 Å². The molecule has 5 heteroatoms. The summed E-state index contributed by atoms with van der Waals surface area (Å²) in [5.74, 6) is 1.25. The predicted octanol–water partition coefficient (Wildman–Crippen LogP) is 0.842. The summed E-state index contributed by atoms with van der Waals surface area (Å²) in [5.41, 5.74) is -0.00592. The Balaban J connectivity index is 2.14. The molecule has 0 fully saturated rings. The second-order valence-electron chi connectivity index (χ2n) is 3.16. The molecule has 2 heterocycles. The first-order chi connectivity index (χ1) is 7.28. The Morgan fingerprint density at radius 2 is 2.13 bits per heavy atom. The largest absolute Gasteiger partial charge is 0.346 e. The van der Waals surface area contributed by atoms with E-state index in [9.17, 15) is 4.79 Å². The maximum absolute atomic E-state index is 10.9. The van der Waals surface area contributed by atoms with Gasteiger partial charge in [-0.3, -0.25) is 4.79 Å². The first kappa shape index (κ1) is 9.64. The molecule has 0 unspecified atom stereocenters. The van der Waals surface area contributed by atoms with Crippen LogP contribution >= 0.6 is 0 Å². The SMILES string of the molecule is CCc1nc(Cn2ccc(=O)cc2)no1. The molecule has 0 aromatic carbocycles. The maximum atomic E-state index is 10.9. The van der Waals surface area contributed by atoms with Crippen LogP contribution in [0.3, 0.4) is 0 Å². The van der Waals surface area contributed by atoms with Gasteiger partial charge in [-0.1, -0.05) is 12.1 Å². The fourth-order valence-electron chi connectivity index (χ4n) is 1.21. The van der Waals surface area contributed by atoms with E-state index in [4.69, 9.17) is 4.52 Å². The summed E-state index contributed by atoms with van der Waals surface area (Å²) in [4.78, 5) is 15.0. The molecule has 0 aliphatic carbocycles. The molecule has 0 atom stereocenters. The zero-order valence-corrected chi connectivity index (χ0v) is 8.38. The first-order valence-electron chi connectivity index (χ1n) is 4.75. The van der Waals surface area contributed by atoms with Crippen LogP contribution in [0.4, 0.5) is 0 Å². The third-order valence-electron chi connectivity index (χ3n) is 2.00. The second kappa shape index (κ2) is 4.08. The summed E-state index contributed by atoms with van der Waals surface area (Å²) in [7, 11) is 0. The molecule has 2 rings (SSSR count). The molecule has 0 bridgehead atoms. The minimum Gasteiger partial charge on any atom is -0.346 e. The van der Waals surface area contributed by atoms with Crippen molar-refractivity contribution in [1.29, 1.82) is 0 Å². The van der Waals surface area contributed by atoms with E-state index in [2.05, 4.69) is 10.1 Å².